The first-order chi connectivity index (χ1) is 9.91. The highest BCUT2D eigenvalue weighted by atomic mass is 32.1. The lowest BCUT2D eigenvalue weighted by atomic mass is 10.1. The molecular formula is C15H11F3O2S. The van der Waals surface area contributed by atoms with Crippen molar-refractivity contribution in [2.45, 2.75) is 6.18 Å². The van der Waals surface area contributed by atoms with E-state index in [2.05, 4.69) is 4.74 Å². The van der Waals surface area contributed by atoms with E-state index in [0.29, 0.717) is 16.0 Å². The maximum Gasteiger partial charge on any atom is 0.416 e. The number of methoxy groups -OCH3 is 1. The molecule has 1 aromatic carbocycles. The van der Waals surface area contributed by atoms with Crippen molar-refractivity contribution in [1.29, 1.82) is 0 Å². The van der Waals surface area contributed by atoms with Crippen LogP contribution in [0.3, 0.4) is 0 Å². The van der Waals surface area contributed by atoms with Gasteiger partial charge in [0.15, 0.2) is 0 Å². The van der Waals surface area contributed by atoms with Crippen molar-refractivity contribution in [2.75, 3.05) is 7.11 Å². The zero-order valence-corrected chi connectivity index (χ0v) is 11.8. The second kappa shape index (κ2) is 6.13. The lowest BCUT2D eigenvalue weighted by Crippen LogP contribution is -2.03. The molecule has 0 atom stereocenters. The average molecular weight is 312 g/mol. The number of alkyl halides is 3. The van der Waals surface area contributed by atoms with Gasteiger partial charge in [-0.1, -0.05) is 24.3 Å². The minimum Gasteiger partial charge on any atom is -0.465 e. The van der Waals surface area contributed by atoms with Gasteiger partial charge in [-0.15, -0.1) is 11.3 Å². The van der Waals surface area contributed by atoms with Crippen molar-refractivity contribution in [3.63, 3.8) is 0 Å². The molecule has 0 amide bonds. The molecule has 0 aliphatic heterocycles. The van der Waals surface area contributed by atoms with E-state index in [9.17, 15) is 18.0 Å². The lowest BCUT2D eigenvalue weighted by Gasteiger charge is -2.05. The summed E-state index contributed by atoms with van der Waals surface area (Å²) in [6.45, 7) is 0. The molecule has 2 rings (SSSR count). The Bertz CT molecular complexity index is 654. The summed E-state index contributed by atoms with van der Waals surface area (Å²) in [6, 6.07) is 6.55. The van der Waals surface area contributed by atoms with E-state index in [4.69, 9.17) is 0 Å². The molecule has 110 valence electrons. The fourth-order valence-electron chi connectivity index (χ4n) is 1.68. The summed E-state index contributed by atoms with van der Waals surface area (Å²) in [7, 11) is 1.30. The van der Waals surface area contributed by atoms with E-state index >= 15 is 0 Å². The van der Waals surface area contributed by atoms with Gasteiger partial charge in [0.1, 0.15) is 4.88 Å². The molecule has 0 saturated heterocycles. The summed E-state index contributed by atoms with van der Waals surface area (Å²) < 4.78 is 42.0. The molecule has 6 heteroatoms. The van der Waals surface area contributed by atoms with E-state index < -0.39 is 17.7 Å². The van der Waals surface area contributed by atoms with Crippen LogP contribution in [0.1, 0.15) is 26.4 Å². The van der Waals surface area contributed by atoms with Gasteiger partial charge in [-0.25, -0.2) is 4.79 Å². The van der Waals surface area contributed by atoms with Crippen molar-refractivity contribution in [1.82, 2.24) is 0 Å². The van der Waals surface area contributed by atoms with Gasteiger partial charge in [-0.2, -0.15) is 13.2 Å². The third-order valence-electron chi connectivity index (χ3n) is 2.76. The number of hydrogen-bond donors (Lipinski definition) is 0. The first-order valence-corrected chi connectivity index (χ1v) is 6.81. The monoisotopic (exact) mass is 312 g/mol. The van der Waals surface area contributed by atoms with Crippen LogP contribution in [0.5, 0.6) is 0 Å². The minimum absolute atomic E-state index is 0.433. The third-order valence-corrected chi connectivity index (χ3v) is 3.67. The summed E-state index contributed by atoms with van der Waals surface area (Å²) in [6.07, 6.45) is -1.02. The number of esters is 1. The van der Waals surface area contributed by atoms with Gasteiger partial charge >= 0.3 is 12.1 Å². The van der Waals surface area contributed by atoms with Gasteiger partial charge in [0, 0.05) is 0 Å². The molecule has 1 heterocycles. The van der Waals surface area contributed by atoms with Crippen LogP contribution in [-0.4, -0.2) is 13.1 Å². The summed E-state index contributed by atoms with van der Waals surface area (Å²) in [5.41, 5.74) is 0.599. The third kappa shape index (κ3) is 3.72. The van der Waals surface area contributed by atoms with Gasteiger partial charge < -0.3 is 4.74 Å². The molecule has 0 bridgehead atoms. The highest BCUT2D eigenvalue weighted by Crippen LogP contribution is 2.29. The number of halogens is 3. The molecule has 0 N–H and O–H groups in total. The van der Waals surface area contributed by atoms with Crippen molar-refractivity contribution in [3.8, 4) is 0 Å². The number of ether oxygens (including phenoxy) is 1. The largest absolute Gasteiger partial charge is 0.465 e. The Morgan fingerprint density at radius 3 is 2.38 bits per heavy atom. The molecule has 0 aliphatic rings. The van der Waals surface area contributed by atoms with Crippen LogP contribution < -0.4 is 0 Å². The number of benzene rings is 1. The van der Waals surface area contributed by atoms with Gasteiger partial charge in [-0.05, 0) is 34.7 Å². The van der Waals surface area contributed by atoms with Crippen LogP contribution in [0, 0.1) is 0 Å². The Kier molecular flexibility index (Phi) is 4.47. The SMILES string of the molecule is COC(=O)c1sccc1/C=C/c1ccc(C(F)(F)F)cc1. The fourth-order valence-corrected chi connectivity index (χ4v) is 2.48. The zero-order chi connectivity index (χ0) is 15.5. The maximum absolute atomic E-state index is 12.4. The number of carbonyl (C=O) groups excluding carboxylic acids is 1. The first kappa shape index (κ1) is 15.3. The van der Waals surface area contributed by atoms with Crippen molar-refractivity contribution in [2.24, 2.45) is 0 Å². The predicted molar refractivity (Wildman–Crippen MR) is 76.0 cm³/mol. The zero-order valence-electron chi connectivity index (χ0n) is 11.0. The Labute approximate surface area is 123 Å². The van der Waals surface area contributed by atoms with E-state index in [0.717, 1.165) is 12.1 Å². The lowest BCUT2D eigenvalue weighted by molar-refractivity contribution is -0.137. The molecule has 0 radical (unpaired) electrons. The number of hydrogen-bond acceptors (Lipinski definition) is 3. The molecular weight excluding hydrogens is 301 g/mol. The molecule has 1 aromatic heterocycles. The molecule has 2 aromatic rings. The van der Waals surface area contributed by atoms with Crippen molar-refractivity contribution >= 4 is 29.5 Å². The number of thiophene rings is 1. The summed E-state index contributed by atoms with van der Waals surface area (Å²) in [5, 5.41) is 1.75. The van der Waals surface area contributed by atoms with Crippen LogP contribution in [-0.2, 0) is 10.9 Å². The van der Waals surface area contributed by atoms with Crippen molar-refractivity contribution in [3.05, 3.63) is 57.3 Å². The normalized spacial score (nSPS) is 11.8. The van der Waals surface area contributed by atoms with E-state index in [1.165, 1.54) is 30.6 Å². The molecule has 0 fully saturated rings. The molecule has 21 heavy (non-hydrogen) atoms. The molecule has 0 saturated carbocycles. The van der Waals surface area contributed by atoms with Crippen molar-refractivity contribution < 1.29 is 22.7 Å². The van der Waals surface area contributed by atoms with Crippen LogP contribution in [0.2, 0.25) is 0 Å². The quantitative estimate of drug-likeness (QED) is 0.766. The highest BCUT2D eigenvalue weighted by molar-refractivity contribution is 7.12. The minimum atomic E-state index is -4.34. The van der Waals surface area contributed by atoms with Crippen LogP contribution in [0.25, 0.3) is 12.2 Å². The van der Waals surface area contributed by atoms with Gasteiger partial charge in [0.05, 0.1) is 12.7 Å². The Morgan fingerprint density at radius 2 is 1.81 bits per heavy atom. The smallest absolute Gasteiger partial charge is 0.416 e. The molecule has 0 spiro atoms. The predicted octanol–water partition coefficient (Wildman–Crippen LogP) is 4.72. The maximum atomic E-state index is 12.4. The summed E-state index contributed by atoms with van der Waals surface area (Å²) >= 11 is 1.25. The second-order valence-electron chi connectivity index (χ2n) is 4.15. The topological polar surface area (TPSA) is 26.3 Å². The Hall–Kier alpha value is -2.08. The van der Waals surface area contributed by atoms with Crippen LogP contribution in [0.4, 0.5) is 13.2 Å². The summed E-state index contributed by atoms with van der Waals surface area (Å²) in [4.78, 5) is 11.9. The van der Waals surface area contributed by atoms with E-state index in [-0.39, 0.29) is 0 Å². The Balaban J connectivity index is 2.19. The van der Waals surface area contributed by atoms with Crippen LogP contribution >= 0.6 is 11.3 Å². The van der Waals surface area contributed by atoms with Gasteiger partial charge in [-0.3, -0.25) is 0 Å². The number of rotatable bonds is 3. The summed E-state index contributed by atoms with van der Waals surface area (Å²) in [5.74, 6) is -0.433. The first-order valence-electron chi connectivity index (χ1n) is 5.93. The second-order valence-corrected chi connectivity index (χ2v) is 5.07. The van der Waals surface area contributed by atoms with E-state index in [1.54, 1.807) is 23.6 Å². The van der Waals surface area contributed by atoms with Gasteiger partial charge in [0.2, 0.25) is 0 Å². The fraction of sp³-hybridized carbons (Fsp3) is 0.133. The average Bonchev–Trinajstić information content (AvgIpc) is 2.92. The van der Waals surface area contributed by atoms with Crippen LogP contribution in [0.15, 0.2) is 35.7 Å². The van der Waals surface area contributed by atoms with E-state index in [1.807, 2.05) is 0 Å². The highest BCUT2D eigenvalue weighted by Gasteiger charge is 2.29. The van der Waals surface area contributed by atoms with Gasteiger partial charge in [0.25, 0.3) is 0 Å². The standard InChI is InChI=1S/C15H11F3O2S/c1-20-14(19)13-11(8-9-21-13)5-2-10-3-6-12(7-4-10)15(16,17)18/h2-9H,1H3/b5-2+. The molecule has 0 aliphatic carbocycles. The number of carbonyl (C=O) groups is 1. The molecule has 0 unspecified atom stereocenters. The molecule has 2 nitrogen and oxygen atoms in total. The Morgan fingerprint density at radius 1 is 1.14 bits per heavy atom.